The van der Waals surface area contributed by atoms with Crippen molar-refractivity contribution in [2.24, 2.45) is 5.10 Å². The summed E-state index contributed by atoms with van der Waals surface area (Å²) in [5, 5.41) is 6.92. The van der Waals surface area contributed by atoms with Crippen LogP contribution >= 0.6 is 23.2 Å². The molecule has 0 saturated heterocycles. The monoisotopic (exact) mass is 529 g/mol. The van der Waals surface area contributed by atoms with E-state index < -0.39 is 17.8 Å². The number of carbonyl (C=O) groups is 3. The van der Waals surface area contributed by atoms with Gasteiger partial charge in [0.1, 0.15) is 5.75 Å². The molecule has 2 amide bonds. The number of nitrogens with zero attached hydrogens (tertiary/aromatic N) is 1. The molecule has 0 radical (unpaired) electrons. The second kappa shape index (κ2) is 12.6. The van der Waals surface area contributed by atoms with Crippen molar-refractivity contribution in [2.45, 2.75) is 0 Å². The standard InChI is InChI=1S/C25H21Cl2N3O6/c1-34-21-9-6-16(11-22(21)35-2)24(32)28-14-23(31)30-29-13-15-4-3-5-18(10-15)36-25(33)19-8-7-17(26)12-20(19)27/h3-13H,14H2,1-2H3,(H,28,32)(H,30,31). The van der Waals surface area contributed by atoms with Crippen LogP contribution in [0, 0.1) is 0 Å². The number of hydrogen-bond acceptors (Lipinski definition) is 7. The molecule has 0 fully saturated rings. The van der Waals surface area contributed by atoms with Gasteiger partial charge in [0.25, 0.3) is 11.8 Å². The van der Waals surface area contributed by atoms with Crippen LogP contribution in [0.5, 0.6) is 17.2 Å². The zero-order chi connectivity index (χ0) is 26.1. The predicted octanol–water partition coefficient (Wildman–Crippen LogP) is 4.11. The summed E-state index contributed by atoms with van der Waals surface area (Å²) in [5.74, 6) is -0.532. The Hall–Kier alpha value is -4.08. The maximum absolute atomic E-state index is 12.4. The molecular formula is C25H21Cl2N3O6. The number of halogens is 2. The van der Waals surface area contributed by atoms with E-state index in [4.69, 9.17) is 37.4 Å². The Morgan fingerprint density at radius 2 is 1.72 bits per heavy atom. The molecule has 11 heteroatoms. The molecule has 2 N–H and O–H groups in total. The van der Waals surface area contributed by atoms with Crippen LogP contribution in [0.25, 0.3) is 0 Å². The number of nitrogens with one attached hydrogen (secondary N) is 2. The quantitative estimate of drug-likeness (QED) is 0.186. The number of carbonyl (C=O) groups excluding carboxylic acids is 3. The number of hydrazone groups is 1. The maximum atomic E-state index is 12.4. The first-order valence-electron chi connectivity index (χ1n) is 10.4. The second-order valence-electron chi connectivity index (χ2n) is 7.13. The van der Waals surface area contributed by atoms with Crippen LogP contribution in [0.15, 0.2) is 65.8 Å². The van der Waals surface area contributed by atoms with E-state index in [0.29, 0.717) is 27.6 Å². The zero-order valence-electron chi connectivity index (χ0n) is 19.2. The number of amides is 2. The minimum Gasteiger partial charge on any atom is -0.493 e. The highest BCUT2D eigenvalue weighted by atomic mass is 35.5. The van der Waals surface area contributed by atoms with Gasteiger partial charge >= 0.3 is 5.97 Å². The number of rotatable bonds is 9. The average molecular weight is 530 g/mol. The number of ether oxygens (including phenoxy) is 3. The number of benzene rings is 3. The highest BCUT2D eigenvalue weighted by Crippen LogP contribution is 2.27. The molecule has 3 rings (SSSR count). The summed E-state index contributed by atoms with van der Waals surface area (Å²) in [6.45, 7) is -0.302. The molecule has 9 nitrogen and oxygen atoms in total. The lowest BCUT2D eigenvalue weighted by Crippen LogP contribution is -2.34. The van der Waals surface area contributed by atoms with Crippen LogP contribution in [0.1, 0.15) is 26.3 Å². The maximum Gasteiger partial charge on any atom is 0.345 e. The fourth-order valence-electron chi connectivity index (χ4n) is 2.93. The van der Waals surface area contributed by atoms with Crippen LogP contribution in [0.2, 0.25) is 10.0 Å². The van der Waals surface area contributed by atoms with E-state index in [-0.39, 0.29) is 22.9 Å². The SMILES string of the molecule is COc1ccc(C(=O)NCC(=O)NN=Cc2cccc(OC(=O)c3ccc(Cl)cc3Cl)c2)cc1OC. The fraction of sp³-hybridized carbons (Fsp3) is 0.120. The van der Waals surface area contributed by atoms with Crippen molar-refractivity contribution in [3.05, 3.63) is 87.4 Å². The molecule has 3 aromatic carbocycles. The zero-order valence-corrected chi connectivity index (χ0v) is 20.7. The molecule has 0 aliphatic rings. The van der Waals surface area contributed by atoms with Gasteiger partial charge in [-0.3, -0.25) is 9.59 Å². The van der Waals surface area contributed by atoms with Gasteiger partial charge in [0.15, 0.2) is 11.5 Å². The third kappa shape index (κ3) is 7.21. The first-order chi connectivity index (χ1) is 17.3. The Balaban J connectivity index is 1.52. The predicted molar refractivity (Wildman–Crippen MR) is 135 cm³/mol. The second-order valence-corrected chi connectivity index (χ2v) is 7.98. The molecule has 0 unspecified atom stereocenters. The van der Waals surface area contributed by atoms with Gasteiger partial charge in [-0.25, -0.2) is 10.2 Å². The van der Waals surface area contributed by atoms with Gasteiger partial charge in [0.2, 0.25) is 0 Å². The molecule has 3 aromatic rings. The molecule has 0 atom stereocenters. The van der Waals surface area contributed by atoms with Crippen molar-refractivity contribution in [3.8, 4) is 17.2 Å². The molecule has 0 heterocycles. The topological polar surface area (TPSA) is 115 Å². The van der Waals surface area contributed by atoms with Gasteiger partial charge in [-0.2, -0.15) is 5.10 Å². The molecule has 0 saturated carbocycles. The lowest BCUT2D eigenvalue weighted by molar-refractivity contribution is -0.120. The van der Waals surface area contributed by atoms with Gasteiger partial charge in [-0.15, -0.1) is 0 Å². The van der Waals surface area contributed by atoms with Crippen LogP contribution < -0.4 is 25.0 Å². The van der Waals surface area contributed by atoms with Crippen molar-refractivity contribution < 1.29 is 28.6 Å². The summed E-state index contributed by atoms with van der Waals surface area (Å²) < 4.78 is 15.6. The summed E-state index contributed by atoms with van der Waals surface area (Å²) in [5.41, 5.74) is 3.33. The summed E-state index contributed by atoms with van der Waals surface area (Å²) >= 11 is 11.9. The van der Waals surface area contributed by atoms with E-state index >= 15 is 0 Å². The Labute approximate surface area is 216 Å². The van der Waals surface area contributed by atoms with E-state index in [2.05, 4.69) is 15.8 Å². The summed E-state index contributed by atoms with van der Waals surface area (Å²) in [4.78, 5) is 36.7. The molecule has 186 valence electrons. The molecule has 0 aromatic heterocycles. The van der Waals surface area contributed by atoms with Crippen molar-refractivity contribution >= 4 is 47.2 Å². The van der Waals surface area contributed by atoms with E-state index in [9.17, 15) is 14.4 Å². The molecular weight excluding hydrogens is 509 g/mol. The van der Waals surface area contributed by atoms with Crippen molar-refractivity contribution in [1.29, 1.82) is 0 Å². The van der Waals surface area contributed by atoms with Crippen LogP contribution in [-0.4, -0.2) is 44.8 Å². The van der Waals surface area contributed by atoms with Gasteiger partial charge < -0.3 is 19.5 Å². The molecule has 36 heavy (non-hydrogen) atoms. The highest BCUT2D eigenvalue weighted by Gasteiger charge is 2.14. The summed E-state index contributed by atoms with van der Waals surface area (Å²) in [6.07, 6.45) is 1.36. The minimum atomic E-state index is -0.649. The van der Waals surface area contributed by atoms with Gasteiger partial charge in [0, 0.05) is 10.6 Å². The molecule has 0 aliphatic carbocycles. The molecule has 0 spiro atoms. The Morgan fingerprint density at radius 3 is 2.44 bits per heavy atom. The van der Waals surface area contributed by atoms with E-state index in [1.807, 2.05) is 0 Å². The lowest BCUT2D eigenvalue weighted by Gasteiger charge is -2.09. The average Bonchev–Trinajstić information content (AvgIpc) is 2.87. The van der Waals surface area contributed by atoms with Gasteiger partial charge in [-0.1, -0.05) is 35.3 Å². The van der Waals surface area contributed by atoms with Crippen LogP contribution in [-0.2, 0) is 4.79 Å². The third-order valence-electron chi connectivity index (χ3n) is 4.68. The number of esters is 1. The summed E-state index contributed by atoms with van der Waals surface area (Å²) in [7, 11) is 2.95. The summed E-state index contributed by atoms with van der Waals surface area (Å²) in [6, 6.07) is 15.6. The Kier molecular flexibility index (Phi) is 9.26. The van der Waals surface area contributed by atoms with E-state index in [0.717, 1.165) is 0 Å². The van der Waals surface area contributed by atoms with Gasteiger partial charge in [0.05, 0.1) is 37.6 Å². The molecule has 0 aliphatic heterocycles. The van der Waals surface area contributed by atoms with Crippen molar-refractivity contribution in [3.63, 3.8) is 0 Å². The van der Waals surface area contributed by atoms with Gasteiger partial charge in [-0.05, 0) is 54.1 Å². The van der Waals surface area contributed by atoms with Crippen LogP contribution in [0.3, 0.4) is 0 Å². The Morgan fingerprint density at radius 1 is 0.944 bits per heavy atom. The minimum absolute atomic E-state index is 0.169. The first-order valence-corrected chi connectivity index (χ1v) is 11.2. The van der Waals surface area contributed by atoms with Crippen LogP contribution in [0.4, 0.5) is 0 Å². The Bertz CT molecular complexity index is 1310. The fourth-order valence-corrected chi connectivity index (χ4v) is 3.42. The van der Waals surface area contributed by atoms with Crippen molar-refractivity contribution in [2.75, 3.05) is 20.8 Å². The van der Waals surface area contributed by atoms with E-state index in [1.165, 1.54) is 44.7 Å². The number of hydrogen-bond donors (Lipinski definition) is 2. The largest absolute Gasteiger partial charge is 0.493 e. The van der Waals surface area contributed by atoms with Crippen molar-refractivity contribution in [1.82, 2.24) is 10.7 Å². The number of methoxy groups -OCH3 is 2. The highest BCUT2D eigenvalue weighted by molar-refractivity contribution is 6.36. The van der Waals surface area contributed by atoms with E-state index in [1.54, 1.807) is 36.4 Å². The third-order valence-corrected chi connectivity index (χ3v) is 5.23. The normalized spacial score (nSPS) is 10.6. The first kappa shape index (κ1) is 26.5. The lowest BCUT2D eigenvalue weighted by atomic mass is 10.2. The molecule has 0 bridgehead atoms. The smallest absolute Gasteiger partial charge is 0.345 e.